The molecular weight excluding hydrogens is 1120 g/mol. The zero-order chi connectivity index (χ0) is 67.3. The molecule has 25 heteroatoms. The fourth-order valence-electron chi connectivity index (χ4n) is 9.88. The Bertz CT molecular complexity index is 2390. The van der Waals surface area contributed by atoms with Gasteiger partial charge in [-0.2, -0.15) is 0 Å². The number of hydroxylamine groups is 3. The first-order valence-corrected chi connectivity index (χ1v) is 31.0. The predicted molar refractivity (Wildman–Crippen MR) is 332 cm³/mol. The van der Waals surface area contributed by atoms with Crippen molar-refractivity contribution in [2.75, 3.05) is 33.7 Å². The zero-order valence-corrected chi connectivity index (χ0v) is 55.9. The van der Waals surface area contributed by atoms with Gasteiger partial charge in [0.1, 0.15) is 52.6 Å². The SMILES string of the molecule is CCC(=O)C[C@@H](O)C[C@H](C)C[C@@H](NC(=O)[C@@H]1C[C@H](C)CN1C(=O)/C=C/[C@H](C)CC)C(=O)N[C@@H](C(=O)NC(C)(C)C(=O)N[C@@H](CC(C)C)C(=O)N[C@@H](CC(C)C)C(=O)NC(C)(C)C(=O)NC(C)(C)C(=O)NCCC(=O)N[C@@H](C)C[N+](C)(C)[O-])[C@H](O)C(C)C. The van der Waals surface area contributed by atoms with Crippen LogP contribution < -0.4 is 47.9 Å². The fraction of sp³-hybridized carbons (Fsp3) is 0.790. The van der Waals surface area contributed by atoms with E-state index in [1.54, 1.807) is 54.5 Å². The second-order valence-corrected chi connectivity index (χ2v) is 27.6. The Morgan fingerprint density at radius 1 is 0.644 bits per heavy atom. The summed E-state index contributed by atoms with van der Waals surface area (Å²) >= 11 is 0. The number of hydrogen-bond acceptors (Lipinski definition) is 14. The molecule has 0 aromatic rings. The average molecular weight is 1230 g/mol. The van der Waals surface area contributed by atoms with Crippen LogP contribution in [0.2, 0.25) is 0 Å². The Hall–Kier alpha value is -6.05. The van der Waals surface area contributed by atoms with Gasteiger partial charge < -0.3 is 72.8 Å². The van der Waals surface area contributed by atoms with Crippen molar-refractivity contribution in [1.82, 2.24) is 52.8 Å². The molecule has 25 nitrogen and oxygen atoms in total. The van der Waals surface area contributed by atoms with Gasteiger partial charge in [-0.3, -0.25) is 52.7 Å². The van der Waals surface area contributed by atoms with E-state index in [1.165, 1.54) is 66.6 Å². The molecule has 0 spiro atoms. The lowest BCUT2D eigenvalue weighted by molar-refractivity contribution is -0.840. The van der Waals surface area contributed by atoms with E-state index in [-0.39, 0.29) is 99.3 Å². The molecule has 0 saturated carbocycles. The molecule has 1 saturated heterocycles. The molecular formula is C62H111N11O14. The third kappa shape index (κ3) is 28.3. The van der Waals surface area contributed by atoms with Crippen molar-refractivity contribution >= 4 is 64.9 Å². The smallest absolute Gasteiger partial charge is 0.246 e. The van der Waals surface area contributed by atoms with E-state index >= 15 is 0 Å². The van der Waals surface area contributed by atoms with Crippen LogP contribution >= 0.6 is 0 Å². The van der Waals surface area contributed by atoms with Crippen LogP contribution in [-0.2, 0) is 52.7 Å². The van der Waals surface area contributed by atoms with Crippen molar-refractivity contribution in [2.24, 2.45) is 35.5 Å². The average Bonchev–Trinajstić information content (AvgIpc) is 3.06. The maximum absolute atomic E-state index is 14.6. The quantitative estimate of drug-likeness (QED) is 0.0242. The minimum atomic E-state index is -1.83. The van der Waals surface area contributed by atoms with Gasteiger partial charge in [-0.15, -0.1) is 0 Å². The van der Waals surface area contributed by atoms with Crippen molar-refractivity contribution in [3.8, 4) is 0 Å². The number of Topliss-reactive ketones (excluding diaryl/α,β-unsaturated/α-hetero) is 1. The van der Waals surface area contributed by atoms with Crippen LogP contribution in [-0.4, -0.2) is 183 Å². The number of likely N-dealkylation sites (tertiary alicyclic amines) is 1. The Morgan fingerprint density at radius 3 is 1.69 bits per heavy atom. The van der Waals surface area contributed by atoms with E-state index in [1.807, 2.05) is 34.6 Å². The van der Waals surface area contributed by atoms with Gasteiger partial charge in [0.25, 0.3) is 0 Å². The third-order valence-electron chi connectivity index (χ3n) is 15.1. The number of aliphatic hydroxyl groups is 2. The molecule has 1 aliphatic heterocycles. The van der Waals surface area contributed by atoms with Crippen molar-refractivity contribution in [3.63, 3.8) is 0 Å². The maximum Gasteiger partial charge on any atom is 0.246 e. The number of amides is 10. The zero-order valence-electron chi connectivity index (χ0n) is 55.9. The highest BCUT2D eigenvalue weighted by molar-refractivity contribution is 6.00. The Kier molecular flexibility index (Phi) is 32.0. The van der Waals surface area contributed by atoms with E-state index < -0.39 is 129 Å². The van der Waals surface area contributed by atoms with Crippen LogP contribution in [0.15, 0.2) is 12.2 Å². The van der Waals surface area contributed by atoms with E-state index in [0.29, 0.717) is 13.0 Å². The van der Waals surface area contributed by atoms with Crippen molar-refractivity contribution in [3.05, 3.63) is 17.4 Å². The molecule has 11 atom stereocenters. The van der Waals surface area contributed by atoms with Crippen molar-refractivity contribution in [1.29, 1.82) is 0 Å². The number of carbonyl (C=O) groups excluding carboxylic acids is 11. The Morgan fingerprint density at radius 2 is 1.16 bits per heavy atom. The second-order valence-electron chi connectivity index (χ2n) is 27.6. The fourth-order valence-corrected chi connectivity index (χ4v) is 9.88. The lowest BCUT2D eigenvalue weighted by atomic mass is 9.92. The highest BCUT2D eigenvalue weighted by Gasteiger charge is 2.43. The summed E-state index contributed by atoms with van der Waals surface area (Å²) in [5, 5.41) is 58.4. The summed E-state index contributed by atoms with van der Waals surface area (Å²) in [4.78, 5) is 152. The van der Waals surface area contributed by atoms with Gasteiger partial charge in [0, 0.05) is 32.4 Å². The van der Waals surface area contributed by atoms with Crippen LogP contribution in [0.3, 0.4) is 0 Å². The normalized spacial score (nSPS) is 18.1. The number of allylic oxidation sites excluding steroid dienone is 1. The first kappa shape index (κ1) is 79.0. The summed E-state index contributed by atoms with van der Waals surface area (Å²) in [5.74, 6) is -8.57. The molecule has 0 radical (unpaired) electrons. The van der Waals surface area contributed by atoms with E-state index in [0.717, 1.165) is 6.42 Å². The number of carbonyl (C=O) groups is 11. The minimum Gasteiger partial charge on any atom is -0.633 e. The molecule has 0 bridgehead atoms. The highest BCUT2D eigenvalue weighted by atomic mass is 16.5. The number of quaternary nitrogens is 1. The number of rotatable bonds is 37. The number of hydrogen-bond donors (Lipinski definition) is 11. The number of nitrogens with one attached hydrogen (secondary N) is 9. The lowest BCUT2D eigenvalue weighted by Gasteiger charge is -2.36. The molecule has 0 aromatic heterocycles. The summed E-state index contributed by atoms with van der Waals surface area (Å²) in [6, 6.07) is -6.96. The van der Waals surface area contributed by atoms with E-state index in [2.05, 4.69) is 47.9 Å². The topological polar surface area (TPSA) is 363 Å². The number of ketones is 1. The molecule has 498 valence electrons. The number of likely N-dealkylation sites (N-methyl/N-ethyl adjacent to an activating group) is 1. The lowest BCUT2D eigenvalue weighted by Crippen LogP contribution is -2.66. The van der Waals surface area contributed by atoms with Crippen molar-refractivity contribution < 1.29 is 67.6 Å². The third-order valence-corrected chi connectivity index (χ3v) is 15.1. The maximum atomic E-state index is 14.6. The molecule has 0 aromatic carbocycles. The molecule has 1 rings (SSSR count). The van der Waals surface area contributed by atoms with Crippen LogP contribution in [0.1, 0.15) is 182 Å². The van der Waals surface area contributed by atoms with Crippen molar-refractivity contribution in [2.45, 2.75) is 247 Å². The van der Waals surface area contributed by atoms with Gasteiger partial charge in [0.05, 0.1) is 38.9 Å². The Labute approximate surface area is 517 Å². The first-order valence-electron chi connectivity index (χ1n) is 31.0. The summed E-state index contributed by atoms with van der Waals surface area (Å²) in [6.07, 6.45) is 1.90. The molecule has 87 heavy (non-hydrogen) atoms. The van der Waals surface area contributed by atoms with Gasteiger partial charge >= 0.3 is 0 Å². The standard InChI is InChI=1S/C62H111N11O14/c1-21-38(9)23-24-49(77)72-33-40(11)31-47(72)55(82)66-46(30-39(10)29-43(75)32-42(74)22-2)53(80)68-50(51(78)37(7)8)56(83)70-61(15,16)58(85)67-44(27-35(3)4)52(79)65-45(28-36(5)6)54(81)69-62(17,18)59(86)71-60(13,14)57(84)63-26-25-48(76)64-41(12)34-73(19,20)87/h23-24,35-41,43-47,50-51,75,78H,21-22,25-34H2,1-20H3,(H,63,84)(H,64,76)(H,65,79)(H,66,82)(H,67,85)(H,68,80)(H,69,81)(H,70,83)(H,71,86)/b24-23+/t38-,39+,40+,41+,43+,44+,45+,46-,47+,50-,51-/m1/s1. The summed E-state index contributed by atoms with van der Waals surface area (Å²) in [7, 11) is 2.91. The van der Waals surface area contributed by atoms with Crippen LogP contribution in [0, 0.1) is 40.7 Å². The molecule has 0 aliphatic carbocycles. The van der Waals surface area contributed by atoms with Gasteiger partial charge in [0.2, 0.25) is 59.1 Å². The number of nitrogens with zero attached hydrogens (tertiary/aromatic N) is 2. The minimum absolute atomic E-state index is 0.0535. The van der Waals surface area contributed by atoms with Gasteiger partial charge in [0.15, 0.2) is 0 Å². The molecule has 10 amide bonds. The van der Waals surface area contributed by atoms with Crippen LogP contribution in [0.5, 0.6) is 0 Å². The van der Waals surface area contributed by atoms with Gasteiger partial charge in [-0.25, -0.2) is 0 Å². The van der Waals surface area contributed by atoms with Crippen LogP contribution in [0.25, 0.3) is 0 Å². The molecule has 11 N–H and O–H groups in total. The van der Waals surface area contributed by atoms with Gasteiger partial charge in [-0.1, -0.05) is 88.7 Å². The predicted octanol–water partition coefficient (Wildman–Crippen LogP) is 2.29. The molecule has 1 fully saturated rings. The monoisotopic (exact) mass is 1230 g/mol. The van der Waals surface area contributed by atoms with E-state index in [4.69, 9.17) is 0 Å². The Balaban J connectivity index is 3.43. The summed E-state index contributed by atoms with van der Waals surface area (Å²) in [5.41, 5.74) is -5.00. The summed E-state index contributed by atoms with van der Waals surface area (Å²) < 4.78 is -0.598. The second kappa shape index (κ2) is 35.2. The largest absolute Gasteiger partial charge is 0.633 e. The molecule has 0 unspecified atom stereocenters. The highest BCUT2D eigenvalue weighted by Crippen LogP contribution is 2.25. The number of aliphatic hydroxyl groups excluding tert-OH is 2. The van der Waals surface area contributed by atoms with E-state index in [9.17, 15) is 68.2 Å². The van der Waals surface area contributed by atoms with Crippen LogP contribution in [0.4, 0.5) is 0 Å². The molecule has 1 aliphatic rings. The molecule has 1 heterocycles. The first-order chi connectivity index (χ1) is 39.9. The van der Waals surface area contributed by atoms with Gasteiger partial charge in [-0.05, 0) is 122 Å². The summed E-state index contributed by atoms with van der Waals surface area (Å²) in [6.45, 7) is 30.2.